The van der Waals surface area contributed by atoms with Crippen LogP contribution in [0.2, 0.25) is 0 Å². The highest BCUT2D eigenvalue weighted by atomic mass is 32.2. The molecular formula is C21H23N3O7S. The summed E-state index contributed by atoms with van der Waals surface area (Å²) in [6.45, 7) is 2.31. The van der Waals surface area contributed by atoms with E-state index in [1.165, 1.54) is 59.8 Å². The number of anilines is 1. The van der Waals surface area contributed by atoms with Crippen molar-refractivity contribution >= 4 is 33.3 Å². The van der Waals surface area contributed by atoms with Crippen molar-refractivity contribution in [2.45, 2.75) is 37.2 Å². The van der Waals surface area contributed by atoms with Crippen molar-refractivity contribution in [3.63, 3.8) is 0 Å². The van der Waals surface area contributed by atoms with Crippen molar-refractivity contribution in [2.24, 2.45) is 0 Å². The zero-order valence-corrected chi connectivity index (χ0v) is 18.2. The number of piperidine rings is 1. The van der Waals surface area contributed by atoms with Gasteiger partial charge in [0, 0.05) is 30.9 Å². The van der Waals surface area contributed by atoms with Gasteiger partial charge in [0.1, 0.15) is 0 Å². The molecule has 0 bridgehead atoms. The summed E-state index contributed by atoms with van der Waals surface area (Å²) < 4.78 is 32.0. The van der Waals surface area contributed by atoms with E-state index < -0.39 is 32.9 Å². The molecule has 1 amide bonds. The maximum Gasteiger partial charge on any atom is 0.338 e. The summed E-state index contributed by atoms with van der Waals surface area (Å²) in [5.74, 6) is -1.46. The van der Waals surface area contributed by atoms with Gasteiger partial charge in [0.05, 0.1) is 15.4 Å². The lowest BCUT2D eigenvalue weighted by molar-refractivity contribution is -0.384. The molecule has 0 spiro atoms. The zero-order chi connectivity index (χ0) is 23.3. The van der Waals surface area contributed by atoms with E-state index in [2.05, 4.69) is 5.32 Å². The molecule has 32 heavy (non-hydrogen) atoms. The molecule has 2 aromatic rings. The summed E-state index contributed by atoms with van der Waals surface area (Å²) in [5.41, 5.74) is 0.101. The van der Waals surface area contributed by atoms with Gasteiger partial charge in [-0.2, -0.15) is 4.31 Å². The first-order chi connectivity index (χ1) is 15.2. The van der Waals surface area contributed by atoms with E-state index in [9.17, 15) is 28.1 Å². The molecule has 1 saturated heterocycles. The van der Waals surface area contributed by atoms with Gasteiger partial charge >= 0.3 is 5.97 Å². The molecule has 1 atom stereocenters. The number of sulfonamides is 1. The molecule has 11 heteroatoms. The average molecular weight is 461 g/mol. The Labute approximate surface area is 185 Å². The van der Waals surface area contributed by atoms with Crippen LogP contribution in [0.3, 0.4) is 0 Å². The third-order valence-electron chi connectivity index (χ3n) is 5.02. The molecule has 1 aliphatic rings. The Morgan fingerprint density at radius 1 is 1.09 bits per heavy atom. The van der Waals surface area contributed by atoms with Gasteiger partial charge in [-0.1, -0.05) is 12.5 Å². The minimum atomic E-state index is -3.62. The molecule has 0 unspecified atom stereocenters. The number of rotatable bonds is 7. The number of esters is 1. The van der Waals surface area contributed by atoms with Gasteiger partial charge in [0.2, 0.25) is 10.0 Å². The van der Waals surface area contributed by atoms with E-state index in [4.69, 9.17) is 4.74 Å². The Balaban J connectivity index is 1.62. The quantitative estimate of drug-likeness (QED) is 0.380. The van der Waals surface area contributed by atoms with Gasteiger partial charge in [-0.25, -0.2) is 13.2 Å². The van der Waals surface area contributed by atoms with Crippen LogP contribution in [0.25, 0.3) is 0 Å². The highest BCUT2D eigenvalue weighted by Gasteiger charge is 2.26. The van der Waals surface area contributed by atoms with E-state index in [-0.39, 0.29) is 21.8 Å². The number of nitro groups is 1. The molecule has 0 aliphatic carbocycles. The number of carbonyl (C=O) groups is 2. The van der Waals surface area contributed by atoms with Crippen LogP contribution >= 0.6 is 0 Å². The molecular weight excluding hydrogens is 438 g/mol. The summed E-state index contributed by atoms with van der Waals surface area (Å²) in [5, 5.41) is 13.3. The van der Waals surface area contributed by atoms with Crippen molar-refractivity contribution in [3.8, 4) is 0 Å². The molecule has 3 rings (SSSR count). The standard InChI is InChI=1S/C21H23N3O7S/c1-15(20(25)22-17-6-5-7-18(14-17)24(27)28)31-21(26)16-8-10-19(11-9-16)32(29,30)23-12-3-2-4-13-23/h5-11,14-15H,2-4,12-13H2,1H3,(H,22,25)/t15-/m1/s1. The Kier molecular flexibility index (Phi) is 7.21. The largest absolute Gasteiger partial charge is 0.449 e. The first-order valence-electron chi connectivity index (χ1n) is 10.0. The number of nitrogens with zero attached hydrogens (tertiary/aromatic N) is 2. The molecule has 0 saturated carbocycles. The SMILES string of the molecule is C[C@@H](OC(=O)c1ccc(S(=O)(=O)N2CCCCC2)cc1)C(=O)Nc1cccc([N+](=O)[O-])c1. The smallest absolute Gasteiger partial charge is 0.338 e. The predicted octanol–water partition coefficient (Wildman–Crippen LogP) is 2.95. The van der Waals surface area contributed by atoms with Crippen LogP contribution < -0.4 is 5.32 Å². The van der Waals surface area contributed by atoms with Crippen LogP contribution in [0.4, 0.5) is 11.4 Å². The molecule has 1 heterocycles. The summed E-state index contributed by atoms with van der Waals surface area (Å²) in [7, 11) is -3.62. The number of non-ortho nitro benzene ring substituents is 1. The Hall–Kier alpha value is -3.31. The van der Waals surface area contributed by atoms with E-state index in [0.717, 1.165) is 19.3 Å². The maximum absolute atomic E-state index is 12.7. The normalized spacial score (nSPS) is 15.5. The monoisotopic (exact) mass is 461 g/mol. The number of carbonyl (C=O) groups excluding carboxylic acids is 2. The van der Waals surface area contributed by atoms with Crippen molar-refractivity contribution in [1.82, 2.24) is 4.31 Å². The summed E-state index contributed by atoms with van der Waals surface area (Å²) >= 11 is 0. The lowest BCUT2D eigenvalue weighted by Crippen LogP contribution is -2.35. The van der Waals surface area contributed by atoms with Crippen LogP contribution in [0.5, 0.6) is 0 Å². The van der Waals surface area contributed by atoms with E-state index in [0.29, 0.717) is 13.1 Å². The van der Waals surface area contributed by atoms with Crippen LogP contribution in [-0.4, -0.2) is 48.7 Å². The van der Waals surface area contributed by atoms with Crippen LogP contribution in [0.1, 0.15) is 36.5 Å². The number of benzene rings is 2. The topological polar surface area (TPSA) is 136 Å². The summed E-state index contributed by atoms with van der Waals surface area (Å²) in [6.07, 6.45) is 1.46. The second-order valence-electron chi connectivity index (χ2n) is 7.33. The van der Waals surface area contributed by atoms with E-state index in [1.807, 2.05) is 0 Å². The van der Waals surface area contributed by atoms with Gasteiger partial charge in [0.15, 0.2) is 6.10 Å². The highest BCUT2D eigenvalue weighted by molar-refractivity contribution is 7.89. The molecule has 1 fully saturated rings. The van der Waals surface area contributed by atoms with Crippen LogP contribution in [0.15, 0.2) is 53.4 Å². The fraction of sp³-hybridized carbons (Fsp3) is 0.333. The number of hydrogen-bond donors (Lipinski definition) is 1. The van der Waals surface area contributed by atoms with Crippen LogP contribution in [-0.2, 0) is 19.6 Å². The number of ether oxygens (including phenoxy) is 1. The lowest BCUT2D eigenvalue weighted by atomic mass is 10.2. The van der Waals surface area contributed by atoms with Gasteiger partial charge in [-0.15, -0.1) is 0 Å². The third-order valence-corrected chi connectivity index (χ3v) is 6.93. The first kappa shape index (κ1) is 23.4. The first-order valence-corrected chi connectivity index (χ1v) is 11.5. The predicted molar refractivity (Wildman–Crippen MR) is 116 cm³/mol. The highest BCUT2D eigenvalue weighted by Crippen LogP contribution is 2.21. The fourth-order valence-electron chi connectivity index (χ4n) is 3.24. The molecule has 0 radical (unpaired) electrons. The van der Waals surface area contributed by atoms with E-state index >= 15 is 0 Å². The van der Waals surface area contributed by atoms with E-state index in [1.54, 1.807) is 0 Å². The number of nitrogens with one attached hydrogen (secondary N) is 1. The Bertz CT molecular complexity index is 1110. The lowest BCUT2D eigenvalue weighted by Gasteiger charge is -2.25. The second kappa shape index (κ2) is 9.88. The van der Waals surface area contributed by atoms with Crippen LogP contribution in [0, 0.1) is 10.1 Å². The second-order valence-corrected chi connectivity index (χ2v) is 9.27. The Morgan fingerprint density at radius 3 is 2.38 bits per heavy atom. The molecule has 1 aliphatic heterocycles. The summed E-state index contributed by atoms with van der Waals surface area (Å²) in [6, 6.07) is 10.7. The minimum absolute atomic E-state index is 0.0902. The number of amides is 1. The van der Waals surface area contributed by atoms with Crippen molar-refractivity contribution in [2.75, 3.05) is 18.4 Å². The van der Waals surface area contributed by atoms with Crippen molar-refractivity contribution in [1.29, 1.82) is 0 Å². The average Bonchev–Trinajstić information content (AvgIpc) is 2.79. The van der Waals surface area contributed by atoms with Gasteiger partial charge < -0.3 is 10.1 Å². The van der Waals surface area contributed by atoms with Gasteiger partial charge in [0.25, 0.3) is 11.6 Å². The molecule has 2 aromatic carbocycles. The Morgan fingerprint density at radius 2 is 1.75 bits per heavy atom. The maximum atomic E-state index is 12.7. The third kappa shape index (κ3) is 5.48. The fourth-order valence-corrected chi connectivity index (χ4v) is 4.76. The van der Waals surface area contributed by atoms with Gasteiger partial charge in [-0.3, -0.25) is 14.9 Å². The zero-order valence-electron chi connectivity index (χ0n) is 17.4. The molecule has 170 valence electrons. The molecule has 0 aromatic heterocycles. The summed E-state index contributed by atoms with van der Waals surface area (Å²) in [4.78, 5) is 35.0. The minimum Gasteiger partial charge on any atom is -0.449 e. The van der Waals surface area contributed by atoms with Crippen molar-refractivity contribution in [3.05, 3.63) is 64.2 Å². The molecule has 10 nitrogen and oxygen atoms in total. The van der Waals surface area contributed by atoms with Crippen molar-refractivity contribution < 1.29 is 27.7 Å². The molecule has 1 N–H and O–H groups in total. The number of nitro benzene ring substituents is 1. The number of hydrogen-bond acceptors (Lipinski definition) is 7. The van der Waals surface area contributed by atoms with Gasteiger partial charge in [-0.05, 0) is 50.1 Å².